The molecule has 0 saturated carbocycles. The summed E-state index contributed by atoms with van der Waals surface area (Å²) in [6.07, 6.45) is 0. The van der Waals surface area contributed by atoms with Gasteiger partial charge in [-0.25, -0.2) is 8.42 Å². The summed E-state index contributed by atoms with van der Waals surface area (Å²) in [6, 6.07) is 13.9. The molecule has 0 radical (unpaired) electrons. The summed E-state index contributed by atoms with van der Waals surface area (Å²) in [5, 5.41) is 2.89. The van der Waals surface area contributed by atoms with E-state index in [-0.39, 0.29) is 10.8 Å². The predicted molar refractivity (Wildman–Crippen MR) is 114 cm³/mol. The van der Waals surface area contributed by atoms with Crippen molar-refractivity contribution in [3.63, 3.8) is 0 Å². The Kier molecular flexibility index (Phi) is 7.57. The molecule has 8 nitrogen and oxygen atoms in total. The molecule has 0 unspecified atom stereocenters. The predicted octanol–water partition coefficient (Wildman–Crippen LogP) is 1.20. The van der Waals surface area contributed by atoms with Gasteiger partial charge in [0.25, 0.3) is 15.9 Å². The maximum atomic E-state index is 12.4. The zero-order valence-electron chi connectivity index (χ0n) is 17.3. The number of carbonyl (C=O) groups is 1. The quantitative estimate of drug-likeness (QED) is 0.610. The first-order chi connectivity index (χ1) is 14.4. The lowest BCUT2D eigenvalue weighted by molar-refractivity contribution is 0.0950. The third-order valence-corrected chi connectivity index (χ3v) is 6.35. The number of nitrogens with zero attached hydrogens (tertiary/aromatic N) is 2. The highest BCUT2D eigenvalue weighted by Crippen LogP contribution is 2.12. The van der Waals surface area contributed by atoms with Crippen LogP contribution in [0, 0.1) is 0 Å². The largest absolute Gasteiger partial charge is 0.348 e. The van der Waals surface area contributed by atoms with E-state index in [0.29, 0.717) is 12.1 Å². The molecule has 0 aromatic heterocycles. The van der Waals surface area contributed by atoms with Crippen molar-refractivity contribution in [1.29, 1.82) is 0 Å². The summed E-state index contributed by atoms with van der Waals surface area (Å²) in [5.41, 5.74) is 2.64. The Hall–Kier alpha value is -2.30. The molecule has 1 heterocycles. The summed E-state index contributed by atoms with van der Waals surface area (Å²) >= 11 is 0. The Balaban J connectivity index is 1.55. The molecule has 1 amide bonds. The average Bonchev–Trinajstić information content (AvgIpc) is 2.74. The van der Waals surface area contributed by atoms with Crippen molar-refractivity contribution in [3.8, 4) is 0 Å². The second-order valence-electron chi connectivity index (χ2n) is 7.40. The fraction of sp³-hybridized carbons (Fsp3) is 0.381. The van der Waals surface area contributed by atoms with Gasteiger partial charge in [-0.05, 0) is 42.4 Å². The van der Waals surface area contributed by atoms with Crippen LogP contribution in [0.4, 0.5) is 0 Å². The normalized spacial score (nSPS) is 15.8. The van der Waals surface area contributed by atoms with Crippen LogP contribution in [-0.2, 0) is 28.0 Å². The van der Waals surface area contributed by atoms with Gasteiger partial charge >= 0.3 is 0 Å². The number of nitrogens with one attached hydrogen (secondary N) is 2. The topological polar surface area (TPSA) is 91.0 Å². The van der Waals surface area contributed by atoms with E-state index in [1.54, 1.807) is 0 Å². The molecule has 2 N–H and O–H groups in total. The van der Waals surface area contributed by atoms with E-state index < -0.39 is 10.0 Å². The van der Waals surface area contributed by atoms with Crippen LogP contribution in [0.3, 0.4) is 0 Å². The van der Waals surface area contributed by atoms with E-state index in [4.69, 9.17) is 0 Å². The smallest absolute Gasteiger partial charge is 0.262 e. The Morgan fingerprint density at radius 1 is 1.03 bits per heavy atom. The van der Waals surface area contributed by atoms with Gasteiger partial charge in [0.1, 0.15) is 0 Å². The summed E-state index contributed by atoms with van der Waals surface area (Å²) < 4.78 is 23.7. The molecule has 2 aromatic carbocycles. The van der Waals surface area contributed by atoms with Crippen molar-refractivity contribution in [2.75, 3.05) is 40.3 Å². The summed E-state index contributed by atoms with van der Waals surface area (Å²) in [4.78, 5) is 23.6. The Morgan fingerprint density at radius 3 is 2.37 bits per heavy atom. The number of benzene rings is 2. The molecule has 0 spiro atoms. The van der Waals surface area contributed by atoms with Crippen LogP contribution < -0.4 is 10.2 Å². The first kappa shape index (κ1) is 22.4. The van der Waals surface area contributed by atoms with Gasteiger partial charge in [0.05, 0.1) is 12.0 Å². The summed E-state index contributed by atoms with van der Waals surface area (Å²) in [7, 11) is -0.375. The minimum absolute atomic E-state index is 0.0255. The van der Waals surface area contributed by atoms with Gasteiger partial charge in [-0.15, -0.1) is 0 Å². The van der Waals surface area contributed by atoms with Gasteiger partial charge in [0.15, 0.2) is 0 Å². The van der Waals surface area contributed by atoms with Crippen LogP contribution >= 0.6 is 0 Å². The maximum absolute atomic E-state index is 12.4. The third kappa shape index (κ3) is 6.10. The summed E-state index contributed by atoms with van der Waals surface area (Å²) in [6.45, 7) is 5.59. The first-order valence-corrected chi connectivity index (χ1v) is 11.3. The first-order valence-electron chi connectivity index (χ1n) is 9.79. The SMILES string of the molecule is CONS(=O)(=O)c1ccc(C(=O)NCc2cccc(CN3CCN(C)CC3)c2)cc1. The van der Waals surface area contributed by atoms with E-state index >= 15 is 0 Å². The number of hydrogen-bond acceptors (Lipinski definition) is 6. The fourth-order valence-electron chi connectivity index (χ4n) is 3.33. The minimum atomic E-state index is -3.74. The number of piperazine rings is 1. The van der Waals surface area contributed by atoms with Crippen LogP contribution in [0.2, 0.25) is 0 Å². The highest BCUT2D eigenvalue weighted by atomic mass is 32.2. The Bertz CT molecular complexity index is 955. The number of hydrogen-bond donors (Lipinski definition) is 2. The number of likely N-dealkylation sites (N-methyl/N-ethyl adjacent to an activating group) is 1. The number of amides is 1. The van der Waals surface area contributed by atoms with Gasteiger partial charge in [-0.2, -0.15) is 0 Å². The van der Waals surface area contributed by atoms with E-state index in [1.807, 2.05) is 17.0 Å². The number of sulfonamides is 1. The molecule has 0 aliphatic carbocycles. The Labute approximate surface area is 177 Å². The summed E-state index contributed by atoms with van der Waals surface area (Å²) in [5.74, 6) is -0.261. The third-order valence-electron chi connectivity index (χ3n) is 5.07. The standard InChI is InChI=1S/C21H28N4O4S/c1-24-10-12-25(13-11-24)16-18-5-3-4-17(14-18)15-22-21(26)19-6-8-20(9-7-19)30(27,28)23-29-2/h3-9,14,23H,10-13,15-16H2,1-2H3,(H,22,26). The van der Waals surface area contributed by atoms with Crippen LogP contribution in [0.1, 0.15) is 21.5 Å². The molecule has 0 atom stereocenters. The molecule has 1 aliphatic rings. The lowest BCUT2D eigenvalue weighted by Crippen LogP contribution is -2.43. The van der Waals surface area contributed by atoms with Crippen LogP contribution in [0.5, 0.6) is 0 Å². The number of rotatable bonds is 8. The molecule has 2 aromatic rings. The van der Waals surface area contributed by atoms with Crippen LogP contribution in [-0.4, -0.2) is 64.5 Å². The van der Waals surface area contributed by atoms with Crippen molar-refractivity contribution in [2.45, 2.75) is 18.0 Å². The zero-order chi connectivity index (χ0) is 21.6. The molecule has 162 valence electrons. The molecule has 1 aliphatic heterocycles. The Morgan fingerprint density at radius 2 is 1.70 bits per heavy atom. The van der Waals surface area contributed by atoms with Gasteiger partial charge in [0, 0.05) is 44.8 Å². The second kappa shape index (κ2) is 10.1. The molecule has 0 bridgehead atoms. The highest BCUT2D eigenvalue weighted by Gasteiger charge is 2.15. The second-order valence-corrected chi connectivity index (χ2v) is 9.04. The van der Waals surface area contributed by atoms with Crippen molar-refractivity contribution in [1.82, 2.24) is 20.0 Å². The van der Waals surface area contributed by atoms with Gasteiger partial charge in [0.2, 0.25) is 0 Å². The molecular weight excluding hydrogens is 404 g/mol. The molecule has 9 heteroatoms. The number of carbonyl (C=O) groups excluding carboxylic acids is 1. The van der Waals surface area contributed by atoms with Crippen molar-refractivity contribution >= 4 is 15.9 Å². The van der Waals surface area contributed by atoms with Gasteiger partial charge in [-0.3, -0.25) is 14.5 Å². The lowest BCUT2D eigenvalue weighted by atomic mass is 10.1. The molecular formula is C21H28N4O4S. The monoisotopic (exact) mass is 432 g/mol. The molecule has 30 heavy (non-hydrogen) atoms. The van der Waals surface area contributed by atoms with Crippen molar-refractivity contribution < 1.29 is 18.0 Å². The van der Waals surface area contributed by atoms with E-state index in [9.17, 15) is 13.2 Å². The van der Waals surface area contributed by atoms with E-state index in [2.05, 4.69) is 39.1 Å². The molecule has 3 rings (SSSR count). The van der Waals surface area contributed by atoms with Gasteiger partial charge in [-0.1, -0.05) is 29.2 Å². The fourth-order valence-corrected chi connectivity index (χ4v) is 4.14. The van der Waals surface area contributed by atoms with Crippen molar-refractivity contribution in [2.24, 2.45) is 0 Å². The van der Waals surface area contributed by atoms with E-state index in [1.165, 1.54) is 36.9 Å². The van der Waals surface area contributed by atoms with Crippen molar-refractivity contribution in [3.05, 3.63) is 65.2 Å². The lowest BCUT2D eigenvalue weighted by Gasteiger charge is -2.32. The maximum Gasteiger partial charge on any atom is 0.262 e. The van der Waals surface area contributed by atoms with E-state index in [0.717, 1.165) is 38.3 Å². The van der Waals surface area contributed by atoms with Crippen LogP contribution in [0.25, 0.3) is 0 Å². The van der Waals surface area contributed by atoms with Gasteiger partial charge < -0.3 is 10.2 Å². The zero-order valence-corrected chi connectivity index (χ0v) is 18.1. The molecule has 1 fully saturated rings. The van der Waals surface area contributed by atoms with Crippen LogP contribution in [0.15, 0.2) is 53.4 Å². The minimum Gasteiger partial charge on any atom is -0.348 e. The molecule has 1 saturated heterocycles. The average molecular weight is 433 g/mol. The highest BCUT2D eigenvalue weighted by molar-refractivity contribution is 7.89.